The van der Waals surface area contributed by atoms with Crippen LogP contribution in [0.25, 0.3) is 5.69 Å². The lowest BCUT2D eigenvalue weighted by atomic mass is 10.1. The van der Waals surface area contributed by atoms with Gasteiger partial charge in [-0.25, -0.2) is 0 Å². The fraction of sp³-hybridized carbons (Fsp3) is 0.333. The van der Waals surface area contributed by atoms with E-state index in [0.29, 0.717) is 4.77 Å². The summed E-state index contributed by atoms with van der Waals surface area (Å²) in [4.78, 5) is 0. The summed E-state index contributed by atoms with van der Waals surface area (Å²) in [5.74, 6) is 0.968. The highest BCUT2D eigenvalue weighted by atomic mass is 32.1. The smallest absolute Gasteiger partial charge is 0.199 e. The summed E-state index contributed by atoms with van der Waals surface area (Å²) in [6, 6.07) is 6.40. The zero-order valence-electron chi connectivity index (χ0n) is 9.74. The molecule has 2 aromatic rings. The molecule has 0 amide bonds. The highest BCUT2D eigenvalue weighted by Crippen LogP contribution is 2.15. The second-order valence-electron chi connectivity index (χ2n) is 3.98. The Hall–Kier alpha value is -1.42. The minimum absolute atomic E-state index is 0.654. The number of rotatable bonds is 2. The molecule has 4 heteroatoms. The van der Waals surface area contributed by atoms with Crippen LogP contribution in [0.3, 0.4) is 0 Å². The molecule has 0 atom stereocenters. The van der Waals surface area contributed by atoms with E-state index >= 15 is 0 Å². The van der Waals surface area contributed by atoms with Gasteiger partial charge in [0.2, 0.25) is 0 Å². The summed E-state index contributed by atoms with van der Waals surface area (Å²) >= 11 is 5.25. The molecule has 16 heavy (non-hydrogen) atoms. The van der Waals surface area contributed by atoms with Gasteiger partial charge in [-0.15, -0.1) is 0 Å². The van der Waals surface area contributed by atoms with Crippen LogP contribution in [0.5, 0.6) is 0 Å². The molecule has 0 bridgehead atoms. The van der Waals surface area contributed by atoms with E-state index in [1.54, 1.807) is 0 Å². The molecule has 2 rings (SSSR count). The third-order valence-corrected chi connectivity index (χ3v) is 2.80. The van der Waals surface area contributed by atoms with Gasteiger partial charge in [0.05, 0.1) is 5.69 Å². The number of nitrogens with one attached hydrogen (secondary N) is 1. The minimum atomic E-state index is 0.654. The molecule has 0 aliphatic rings. The van der Waals surface area contributed by atoms with Gasteiger partial charge in [0.25, 0.3) is 0 Å². The first-order valence-corrected chi connectivity index (χ1v) is 5.77. The van der Waals surface area contributed by atoms with E-state index in [-0.39, 0.29) is 0 Å². The van der Waals surface area contributed by atoms with E-state index in [0.717, 1.165) is 17.9 Å². The predicted molar refractivity (Wildman–Crippen MR) is 67.6 cm³/mol. The number of hydrogen-bond acceptors (Lipinski definition) is 2. The summed E-state index contributed by atoms with van der Waals surface area (Å²) in [7, 11) is 0. The normalized spacial score (nSPS) is 10.7. The molecule has 0 radical (unpaired) electrons. The Morgan fingerprint density at radius 1 is 1.25 bits per heavy atom. The van der Waals surface area contributed by atoms with Crippen molar-refractivity contribution in [3.8, 4) is 5.69 Å². The molecule has 1 aromatic carbocycles. The molecule has 3 nitrogen and oxygen atoms in total. The fourth-order valence-corrected chi connectivity index (χ4v) is 2.17. The van der Waals surface area contributed by atoms with E-state index in [1.807, 2.05) is 4.57 Å². The first-order valence-electron chi connectivity index (χ1n) is 5.36. The van der Waals surface area contributed by atoms with Gasteiger partial charge < -0.3 is 0 Å². The lowest BCUT2D eigenvalue weighted by molar-refractivity contribution is 0.878. The van der Waals surface area contributed by atoms with Crippen LogP contribution >= 0.6 is 12.2 Å². The van der Waals surface area contributed by atoms with Crippen LogP contribution in [0.2, 0.25) is 0 Å². The Balaban J connectivity index is 2.66. The van der Waals surface area contributed by atoms with Gasteiger partial charge in [0.1, 0.15) is 5.82 Å². The van der Waals surface area contributed by atoms with Crippen molar-refractivity contribution in [3.05, 3.63) is 39.9 Å². The Morgan fingerprint density at radius 3 is 2.44 bits per heavy atom. The Bertz CT molecular complexity index is 546. The maximum atomic E-state index is 5.25. The lowest BCUT2D eigenvalue weighted by Gasteiger charge is -2.07. The van der Waals surface area contributed by atoms with Gasteiger partial charge >= 0.3 is 0 Å². The van der Waals surface area contributed by atoms with Crippen molar-refractivity contribution in [2.75, 3.05) is 0 Å². The monoisotopic (exact) mass is 233 g/mol. The molecule has 0 fully saturated rings. The van der Waals surface area contributed by atoms with Crippen molar-refractivity contribution in [1.82, 2.24) is 14.8 Å². The zero-order valence-corrected chi connectivity index (χ0v) is 10.6. The largest absolute Gasteiger partial charge is 0.272 e. The summed E-state index contributed by atoms with van der Waals surface area (Å²) in [6.45, 7) is 6.25. The van der Waals surface area contributed by atoms with Crippen molar-refractivity contribution >= 4 is 12.2 Å². The van der Waals surface area contributed by atoms with Crippen LogP contribution in [0, 0.1) is 18.6 Å². The van der Waals surface area contributed by atoms with Crippen LogP contribution < -0.4 is 0 Å². The van der Waals surface area contributed by atoms with Crippen LogP contribution in [-0.2, 0) is 6.42 Å². The van der Waals surface area contributed by atoms with Gasteiger partial charge in [0, 0.05) is 6.42 Å². The van der Waals surface area contributed by atoms with Crippen LogP contribution in [0.15, 0.2) is 18.2 Å². The average molecular weight is 233 g/mol. The number of H-pyrrole nitrogens is 1. The van der Waals surface area contributed by atoms with Crippen molar-refractivity contribution in [2.24, 2.45) is 0 Å². The fourth-order valence-electron chi connectivity index (χ4n) is 1.91. The maximum Gasteiger partial charge on any atom is 0.199 e. The van der Waals surface area contributed by atoms with E-state index in [2.05, 4.69) is 49.2 Å². The first-order chi connectivity index (χ1) is 7.61. The molecule has 1 heterocycles. The van der Waals surface area contributed by atoms with E-state index in [4.69, 9.17) is 12.2 Å². The molecule has 0 unspecified atom stereocenters. The van der Waals surface area contributed by atoms with Gasteiger partial charge in [0.15, 0.2) is 4.77 Å². The van der Waals surface area contributed by atoms with Gasteiger partial charge in [-0.3, -0.25) is 9.67 Å². The highest BCUT2D eigenvalue weighted by molar-refractivity contribution is 7.71. The Labute approximate surface area is 100 Å². The molecule has 0 spiro atoms. The summed E-state index contributed by atoms with van der Waals surface area (Å²) in [5.41, 5.74) is 3.56. The topological polar surface area (TPSA) is 33.6 Å². The van der Waals surface area contributed by atoms with E-state index < -0.39 is 0 Å². The molecule has 1 aromatic heterocycles. The number of aryl methyl sites for hydroxylation is 3. The lowest BCUT2D eigenvalue weighted by Crippen LogP contribution is -2.01. The molecule has 0 saturated heterocycles. The summed E-state index contributed by atoms with van der Waals surface area (Å²) in [6.07, 6.45) is 0.861. The Kier molecular flexibility index (Phi) is 2.92. The quantitative estimate of drug-likeness (QED) is 0.809. The second-order valence-corrected chi connectivity index (χ2v) is 4.37. The van der Waals surface area contributed by atoms with Crippen molar-refractivity contribution in [2.45, 2.75) is 27.2 Å². The first kappa shape index (κ1) is 11.1. The van der Waals surface area contributed by atoms with Crippen molar-refractivity contribution in [3.63, 3.8) is 0 Å². The average Bonchev–Trinajstić information content (AvgIpc) is 2.58. The number of aromatic amines is 1. The molecule has 0 saturated carbocycles. The third kappa shape index (κ3) is 1.93. The summed E-state index contributed by atoms with van der Waals surface area (Å²) in [5, 5.41) is 7.06. The standard InChI is InChI=1S/C12H15N3S/c1-4-11-13-14-12(16)15(11)10-6-8(2)5-9(3)7-10/h5-7H,4H2,1-3H3,(H,14,16). The number of benzene rings is 1. The zero-order chi connectivity index (χ0) is 11.7. The van der Waals surface area contributed by atoms with E-state index in [9.17, 15) is 0 Å². The van der Waals surface area contributed by atoms with Gasteiger partial charge in [-0.1, -0.05) is 13.0 Å². The third-order valence-electron chi connectivity index (χ3n) is 2.52. The molecular weight excluding hydrogens is 218 g/mol. The van der Waals surface area contributed by atoms with Crippen LogP contribution in [0.4, 0.5) is 0 Å². The molecule has 0 aliphatic heterocycles. The van der Waals surface area contributed by atoms with Crippen LogP contribution in [-0.4, -0.2) is 14.8 Å². The number of nitrogens with zero attached hydrogens (tertiary/aromatic N) is 2. The molecule has 0 aliphatic carbocycles. The van der Waals surface area contributed by atoms with Crippen LogP contribution in [0.1, 0.15) is 23.9 Å². The summed E-state index contributed by atoms with van der Waals surface area (Å²) < 4.78 is 2.65. The number of aromatic nitrogens is 3. The van der Waals surface area contributed by atoms with Gasteiger partial charge in [-0.05, 0) is 49.3 Å². The highest BCUT2D eigenvalue weighted by Gasteiger charge is 2.06. The molecular formula is C12H15N3S. The molecule has 1 N–H and O–H groups in total. The minimum Gasteiger partial charge on any atom is -0.272 e. The second kappa shape index (κ2) is 4.22. The predicted octanol–water partition coefficient (Wildman–Crippen LogP) is 3.11. The van der Waals surface area contributed by atoms with E-state index in [1.165, 1.54) is 11.1 Å². The Morgan fingerprint density at radius 2 is 1.88 bits per heavy atom. The van der Waals surface area contributed by atoms with Crippen molar-refractivity contribution in [1.29, 1.82) is 0 Å². The van der Waals surface area contributed by atoms with Crippen molar-refractivity contribution < 1.29 is 0 Å². The maximum absolute atomic E-state index is 5.25. The SMILES string of the molecule is CCc1n[nH]c(=S)n1-c1cc(C)cc(C)c1. The number of hydrogen-bond donors (Lipinski definition) is 1. The van der Waals surface area contributed by atoms with Gasteiger partial charge in [-0.2, -0.15) is 5.10 Å². The molecule has 84 valence electrons.